The van der Waals surface area contributed by atoms with Gasteiger partial charge in [-0.05, 0) is 0 Å². The molecule has 0 radical (unpaired) electrons. The summed E-state index contributed by atoms with van der Waals surface area (Å²) in [5.41, 5.74) is 3.03. The Kier molecular flexibility index (Phi) is 15.6. The van der Waals surface area contributed by atoms with Gasteiger partial charge in [0.1, 0.15) is 23.3 Å². The summed E-state index contributed by atoms with van der Waals surface area (Å²) in [5, 5.41) is 6.64. The van der Waals surface area contributed by atoms with Gasteiger partial charge >= 0.3 is 0 Å². The van der Waals surface area contributed by atoms with Gasteiger partial charge in [-0.2, -0.15) is 0 Å². The summed E-state index contributed by atoms with van der Waals surface area (Å²) >= 11 is 0. The van der Waals surface area contributed by atoms with Crippen molar-refractivity contribution in [1.29, 1.82) is 0 Å². The van der Waals surface area contributed by atoms with Gasteiger partial charge in [0.2, 0.25) is 0 Å². The van der Waals surface area contributed by atoms with E-state index in [4.69, 9.17) is 0 Å². The molecule has 4 aromatic rings. The van der Waals surface area contributed by atoms with Gasteiger partial charge in [0.15, 0.2) is 6.29 Å². The predicted molar refractivity (Wildman–Crippen MR) is 198 cm³/mol. The summed E-state index contributed by atoms with van der Waals surface area (Å²) in [5.74, 6) is 3.85. The smallest absolute Gasteiger partial charge is 0.164 e. The standard InChI is InChI=1S/C19H25N9.C11H17N5.C5H5NO/c1-2-16(20-3-1)12-27(13-17-21-4-5-22-17)10-11-28(14-18-23-6-7-24-18)15-19-25-8-9-26-19;1-2-10(14-3-1)8-12-4-5-13-9-11-15-6-7-16-11;7-4-5-2-1-3-6-5/h1,3-9H,2,10-15H2,(H,21,22)(H,23,24)(H,25,26);1,3,6-7,12-13H,2,4-5,8-9H2,(H,15,16);1,3-4H,2H2. The number of aromatic amines is 4. The Morgan fingerprint density at radius 3 is 1.47 bits per heavy atom. The fourth-order valence-corrected chi connectivity index (χ4v) is 5.24. The molecule has 0 atom stereocenters. The number of carbonyl (C=O) groups excluding carboxylic acids is 1. The van der Waals surface area contributed by atoms with Gasteiger partial charge in [0.05, 0.1) is 31.9 Å². The summed E-state index contributed by atoms with van der Waals surface area (Å²) in [6, 6.07) is 0. The Morgan fingerprint density at radius 2 is 1.04 bits per heavy atom. The molecule has 16 nitrogen and oxygen atoms in total. The molecule has 0 saturated carbocycles. The van der Waals surface area contributed by atoms with E-state index in [-0.39, 0.29) is 0 Å². The monoisotopic (exact) mass is 693 g/mol. The first-order valence-corrected chi connectivity index (χ1v) is 17.1. The first-order valence-electron chi connectivity index (χ1n) is 17.1. The summed E-state index contributed by atoms with van der Waals surface area (Å²) in [4.78, 5) is 56.9. The Labute approximate surface area is 297 Å². The quantitative estimate of drug-likeness (QED) is 0.0631. The molecule has 16 heteroatoms. The van der Waals surface area contributed by atoms with Crippen molar-refractivity contribution in [1.82, 2.24) is 60.3 Å². The van der Waals surface area contributed by atoms with Gasteiger partial charge in [-0.3, -0.25) is 29.6 Å². The first kappa shape index (κ1) is 36.9. The minimum absolute atomic E-state index is 0.625. The zero-order valence-corrected chi connectivity index (χ0v) is 28.8. The van der Waals surface area contributed by atoms with Gasteiger partial charge in [-0.1, -0.05) is 18.2 Å². The van der Waals surface area contributed by atoms with E-state index < -0.39 is 0 Å². The van der Waals surface area contributed by atoms with Crippen LogP contribution >= 0.6 is 0 Å². The molecule has 4 aromatic heterocycles. The van der Waals surface area contributed by atoms with Gasteiger partial charge in [0, 0.05) is 138 Å². The lowest BCUT2D eigenvalue weighted by Crippen LogP contribution is -2.37. The third-order valence-corrected chi connectivity index (χ3v) is 7.82. The van der Waals surface area contributed by atoms with Gasteiger partial charge in [-0.15, -0.1) is 0 Å². The number of aldehydes is 1. The number of aromatic nitrogens is 8. The average molecular weight is 694 g/mol. The molecule has 3 aliphatic rings. The van der Waals surface area contributed by atoms with Crippen molar-refractivity contribution in [2.75, 3.05) is 39.3 Å². The molecular weight excluding hydrogens is 646 g/mol. The van der Waals surface area contributed by atoms with Crippen LogP contribution in [0.1, 0.15) is 42.6 Å². The molecule has 3 aliphatic heterocycles. The van der Waals surface area contributed by atoms with Gasteiger partial charge < -0.3 is 30.6 Å². The van der Waals surface area contributed by atoms with Crippen LogP contribution in [0.15, 0.2) is 101 Å². The fourth-order valence-electron chi connectivity index (χ4n) is 5.24. The molecule has 6 N–H and O–H groups in total. The number of aliphatic imine (C=N–C) groups is 3. The predicted octanol–water partition coefficient (Wildman–Crippen LogP) is 2.71. The Bertz CT molecular complexity index is 1660. The highest BCUT2D eigenvalue weighted by molar-refractivity contribution is 6.29. The second-order valence-corrected chi connectivity index (χ2v) is 11.8. The molecule has 0 saturated heterocycles. The number of nitrogens with zero attached hydrogens (tertiary/aromatic N) is 9. The molecule has 51 heavy (non-hydrogen) atoms. The number of imidazole rings is 4. The van der Waals surface area contributed by atoms with E-state index in [1.165, 1.54) is 11.4 Å². The lowest BCUT2D eigenvalue weighted by atomic mass is 10.2. The second-order valence-electron chi connectivity index (χ2n) is 11.8. The van der Waals surface area contributed by atoms with E-state index in [9.17, 15) is 4.79 Å². The molecular formula is C35H47N15O. The SMILES string of the molecule is C1=CN=C(CN(CCN(Cc2ncc[nH]2)Cc2ncc[nH]2)Cc2ncc[nH]2)C1.C1=CN=C(CNCCNCc2ncc[nH]2)C1.O=CC1=NC=CC1. The van der Waals surface area contributed by atoms with Crippen LogP contribution in [0, 0.1) is 0 Å². The van der Waals surface area contributed by atoms with E-state index in [1.54, 1.807) is 31.0 Å². The molecule has 0 bridgehead atoms. The number of rotatable bonds is 19. The zero-order chi connectivity index (χ0) is 35.2. The Morgan fingerprint density at radius 1 is 0.569 bits per heavy atom. The first-order chi connectivity index (χ1) is 25.2. The van der Waals surface area contributed by atoms with Crippen molar-refractivity contribution in [3.63, 3.8) is 0 Å². The highest BCUT2D eigenvalue weighted by atomic mass is 16.1. The molecule has 0 amide bonds. The van der Waals surface area contributed by atoms with Crippen molar-refractivity contribution in [2.24, 2.45) is 15.0 Å². The lowest BCUT2D eigenvalue weighted by molar-refractivity contribution is -0.102. The number of H-pyrrole nitrogens is 4. The van der Waals surface area contributed by atoms with Crippen LogP contribution in [0.4, 0.5) is 0 Å². The number of allylic oxidation sites excluding steroid dienone is 3. The van der Waals surface area contributed by atoms with E-state index in [0.717, 1.165) is 108 Å². The number of hydrogen-bond acceptors (Lipinski definition) is 12. The summed E-state index contributed by atoms with van der Waals surface area (Å²) in [6.07, 6.45) is 29.4. The molecule has 0 fully saturated rings. The van der Waals surface area contributed by atoms with Crippen molar-refractivity contribution >= 4 is 23.4 Å². The third kappa shape index (κ3) is 14.1. The summed E-state index contributed by atoms with van der Waals surface area (Å²) in [7, 11) is 0. The number of nitrogens with one attached hydrogen (secondary N) is 6. The van der Waals surface area contributed by atoms with Crippen LogP contribution in [-0.4, -0.2) is 112 Å². The molecule has 0 unspecified atom stereocenters. The Hall–Kier alpha value is -5.42. The van der Waals surface area contributed by atoms with Crippen molar-refractivity contribution in [3.05, 3.63) is 110 Å². The van der Waals surface area contributed by atoms with Crippen molar-refractivity contribution < 1.29 is 4.79 Å². The van der Waals surface area contributed by atoms with Gasteiger partial charge in [-0.25, -0.2) is 19.9 Å². The maximum absolute atomic E-state index is 9.84. The molecule has 0 aliphatic carbocycles. The van der Waals surface area contributed by atoms with Crippen LogP contribution in [0.2, 0.25) is 0 Å². The maximum atomic E-state index is 9.84. The average Bonchev–Trinajstić information content (AvgIpc) is 4.00. The van der Waals surface area contributed by atoms with Crippen LogP contribution in [0.25, 0.3) is 0 Å². The van der Waals surface area contributed by atoms with E-state index in [2.05, 4.69) is 87.4 Å². The molecule has 7 rings (SSSR count). The van der Waals surface area contributed by atoms with Gasteiger partial charge in [0.25, 0.3) is 0 Å². The lowest BCUT2D eigenvalue weighted by Gasteiger charge is -2.26. The van der Waals surface area contributed by atoms with Crippen LogP contribution in [0.3, 0.4) is 0 Å². The molecule has 0 aromatic carbocycles. The highest BCUT2D eigenvalue weighted by Gasteiger charge is 2.16. The van der Waals surface area contributed by atoms with E-state index in [0.29, 0.717) is 12.1 Å². The molecule has 0 spiro atoms. The van der Waals surface area contributed by atoms with E-state index >= 15 is 0 Å². The van der Waals surface area contributed by atoms with Crippen LogP contribution in [-0.2, 0) is 31.0 Å². The Balaban J connectivity index is 0.000000183. The van der Waals surface area contributed by atoms with E-state index in [1.807, 2.05) is 43.3 Å². The third-order valence-electron chi connectivity index (χ3n) is 7.82. The molecule has 268 valence electrons. The van der Waals surface area contributed by atoms with Crippen LogP contribution in [0.5, 0.6) is 0 Å². The number of carbonyl (C=O) groups is 1. The second kappa shape index (κ2) is 21.6. The summed E-state index contributed by atoms with van der Waals surface area (Å²) < 4.78 is 0. The zero-order valence-electron chi connectivity index (χ0n) is 28.8. The van der Waals surface area contributed by atoms with Crippen molar-refractivity contribution in [3.8, 4) is 0 Å². The topological polar surface area (TPSA) is 199 Å². The number of hydrogen-bond donors (Lipinski definition) is 6. The highest BCUT2D eigenvalue weighted by Crippen LogP contribution is 2.09. The fraction of sp³-hybridized carbons (Fsp3) is 0.371. The van der Waals surface area contributed by atoms with Crippen LogP contribution < -0.4 is 10.6 Å². The minimum atomic E-state index is 0.625. The van der Waals surface area contributed by atoms with Crippen molar-refractivity contribution in [2.45, 2.75) is 45.4 Å². The maximum Gasteiger partial charge on any atom is 0.164 e. The summed E-state index contributed by atoms with van der Waals surface area (Å²) in [6.45, 7) is 8.40. The normalized spacial score (nSPS) is 14.4. The minimum Gasteiger partial charge on any atom is -0.348 e. The largest absolute Gasteiger partial charge is 0.348 e. The molecule has 7 heterocycles.